The number of carbonyl (C=O) groups is 2. The molecule has 1 aromatic rings. The van der Waals surface area contributed by atoms with E-state index < -0.39 is 17.7 Å². The fraction of sp³-hybridized carbons (Fsp3) is 0.579. The molecule has 2 aliphatic heterocycles. The van der Waals surface area contributed by atoms with Gasteiger partial charge >= 0.3 is 12.1 Å². The average molecular weight is 347 g/mol. The molecule has 0 spiro atoms. The van der Waals surface area contributed by atoms with Gasteiger partial charge in [-0.2, -0.15) is 0 Å². The summed E-state index contributed by atoms with van der Waals surface area (Å²) in [5, 5.41) is 0. The lowest BCUT2D eigenvalue weighted by molar-refractivity contribution is -0.160. The molecule has 2 saturated heterocycles. The molecule has 0 aromatic heterocycles. The lowest BCUT2D eigenvalue weighted by Gasteiger charge is -2.30. The van der Waals surface area contributed by atoms with Crippen LogP contribution in [0.25, 0.3) is 0 Å². The Morgan fingerprint density at radius 1 is 1.20 bits per heavy atom. The summed E-state index contributed by atoms with van der Waals surface area (Å²) in [7, 11) is 0. The van der Waals surface area contributed by atoms with E-state index in [2.05, 4.69) is 0 Å². The van der Waals surface area contributed by atoms with Gasteiger partial charge in [-0.05, 0) is 39.2 Å². The van der Waals surface area contributed by atoms with Gasteiger partial charge in [-0.25, -0.2) is 9.59 Å². The van der Waals surface area contributed by atoms with Crippen LogP contribution < -0.4 is 0 Å². The van der Waals surface area contributed by atoms with Gasteiger partial charge in [-0.15, -0.1) is 0 Å². The van der Waals surface area contributed by atoms with Gasteiger partial charge < -0.3 is 14.2 Å². The first-order valence-corrected chi connectivity index (χ1v) is 8.68. The van der Waals surface area contributed by atoms with Crippen molar-refractivity contribution in [1.29, 1.82) is 0 Å². The van der Waals surface area contributed by atoms with Crippen LogP contribution in [0, 0.1) is 0 Å². The van der Waals surface area contributed by atoms with Crippen LogP contribution in [0.3, 0.4) is 0 Å². The fourth-order valence-corrected chi connectivity index (χ4v) is 3.14. The quantitative estimate of drug-likeness (QED) is 0.619. The Labute approximate surface area is 148 Å². The Hall–Kier alpha value is -2.08. The van der Waals surface area contributed by atoms with E-state index in [0.717, 1.165) is 12.0 Å². The van der Waals surface area contributed by atoms with Crippen LogP contribution in [0.2, 0.25) is 0 Å². The number of esters is 1. The normalized spacial score (nSPS) is 25.6. The summed E-state index contributed by atoms with van der Waals surface area (Å²) in [4.78, 5) is 26.7. The lowest BCUT2D eigenvalue weighted by Crippen LogP contribution is -2.48. The molecule has 1 aromatic carbocycles. The summed E-state index contributed by atoms with van der Waals surface area (Å²) >= 11 is 0. The molecule has 0 bridgehead atoms. The predicted molar refractivity (Wildman–Crippen MR) is 90.9 cm³/mol. The van der Waals surface area contributed by atoms with Crippen molar-refractivity contribution in [3.05, 3.63) is 35.9 Å². The number of nitrogens with zero attached hydrogens (tertiary/aromatic N) is 1. The maximum absolute atomic E-state index is 12.7. The summed E-state index contributed by atoms with van der Waals surface area (Å²) in [5.41, 5.74) is 0.313. The van der Waals surface area contributed by atoms with E-state index in [4.69, 9.17) is 14.2 Å². The van der Waals surface area contributed by atoms with Crippen molar-refractivity contribution < 1.29 is 23.8 Å². The largest absolute Gasteiger partial charge is 0.458 e. The monoisotopic (exact) mass is 347 g/mol. The number of likely N-dealkylation sites (tertiary alicyclic amines) is 1. The fourth-order valence-electron chi connectivity index (χ4n) is 3.14. The number of ether oxygens (including phenoxy) is 3. The van der Waals surface area contributed by atoms with E-state index in [0.29, 0.717) is 13.0 Å². The Balaban J connectivity index is 1.68. The first-order valence-electron chi connectivity index (χ1n) is 8.68. The first kappa shape index (κ1) is 17.7. The van der Waals surface area contributed by atoms with Crippen LogP contribution in [0.15, 0.2) is 30.3 Å². The molecule has 0 N–H and O–H groups in total. The number of hydrogen-bond donors (Lipinski definition) is 0. The summed E-state index contributed by atoms with van der Waals surface area (Å²) in [6.45, 7) is 6.25. The Bertz CT molecular complexity index is 620. The highest BCUT2D eigenvalue weighted by atomic mass is 16.6. The summed E-state index contributed by atoms with van der Waals surface area (Å²) < 4.78 is 16.3. The molecule has 1 amide bonds. The van der Waals surface area contributed by atoms with Gasteiger partial charge in [0.1, 0.15) is 24.4 Å². The third kappa shape index (κ3) is 4.51. The number of hydrogen-bond acceptors (Lipinski definition) is 5. The first-order chi connectivity index (χ1) is 11.8. The van der Waals surface area contributed by atoms with Gasteiger partial charge in [0.15, 0.2) is 0 Å². The van der Waals surface area contributed by atoms with E-state index >= 15 is 0 Å². The molecule has 0 saturated carbocycles. The zero-order chi connectivity index (χ0) is 18.0. The third-order valence-corrected chi connectivity index (χ3v) is 4.31. The predicted octanol–water partition coefficient (Wildman–Crippen LogP) is 2.90. The van der Waals surface area contributed by atoms with Crippen LogP contribution in [0.4, 0.5) is 4.79 Å². The molecule has 25 heavy (non-hydrogen) atoms. The molecule has 136 valence electrons. The highest BCUT2D eigenvalue weighted by Gasteiger charge is 2.50. The van der Waals surface area contributed by atoms with E-state index in [1.807, 2.05) is 51.1 Å². The van der Waals surface area contributed by atoms with E-state index in [-0.39, 0.29) is 24.7 Å². The topological polar surface area (TPSA) is 68.4 Å². The number of rotatable bonds is 4. The van der Waals surface area contributed by atoms with Crippen LogP contribution in [0.5, 0.6) is 0 Å². The Morgan fingerprint density at radius 3 is 2.48 bits per heavy atom. The van der Waals surface area contributed by atoms with Gasteiger partial charge in [0.2, 0.25) is 0 Å². The number of carbonyl (C=O) groups excluding carboxylic acids is 2. The molecule has 3 rings (SSSR count). The molecule has 6 heteroatoms. The van der Waals surface area contributed by atoms with Crippen molar-refractivity contribution in [2.24, 2.45) is 0 Å². The molecule has 0 radical (unpaired) electrons. The van der Waals surface area contributed by atoms with Gasteiger partial charge in [-0.1, -0.05) is 30.3 Å². The molecule has 0 unspecified atom stereocenters. The highest BCUT2D eigenvalue weighted by molar-refractivity contribution is 5.82. The van der Waals surface area contributed by atoms with Crippen LogP contribution in [-0.2, 0) is 25.6 Å². The van der Waals surface area contributed by atoms with E-state index in [9.17, 15) is 9.59 Å². The van der Waals surface area contributed by atoms with Crippen molar-refractivity contribution in [3.8, 4) is 0 Å². The van der Waals surface area contributed by atoms with Gasteiger partial charge in [0, 0.05) is 0 Å². The zero-order valence-electron chi connectivity index (χ0n) is 14.9. The van der Waals surface area contributed by atoms with Crippen molar-refractivity contribution in [1.82, 2.24) is 4.90 Å². The van der Waals surface area contributed by atoms with Crippen LogP contribution in [-0.4, -0.2) is 47.4 Å². The summed E-state index contributed by atoms with van der Waals surface area (Å²) in [5.74, 6) is -0.382. The maximum atomic E-state index is 12.7. The SMILES string of the molecule is CC(C)(C)OC(=O)[C@@H]1CC[C@H]([C@H]2CO2)N1C(=O)OCc1ccccc1. The van der Waals surface area contributed by atoms with Gasteiger partial charge in [-0.3, -0.25) is 4.90 Å². The van der Waals surface area contributed by atoms with Crippen molar-refractivity contribution >= 4 is 12.1 Å². The minimum Gasteiger partial charge on any atom is -0.458 e. The van der Waals surface area contributed by atoms with Gasteiger partial charge in [0.25, 0.3) is 0 Å². The summed E-state index contributed by atoms with van der Waals surface area (Å²) in [6, 6.07) is 8.74. The second kappa shape index (κ2) is 7.04. The maximum Gasteiger partial charge on any atom is 0.411 e. The zero-order valence-corrected chi connectivity index (χ0v) is 14.9. The average Bonchev–Trinajstić information content (AvgIpc) is 3.30. The minimum atomic E-state index is -0.614. The smallest absolute Gasteiger partial charge is 0.411 e. The Morgan fingerprint density at radius 2 is 1.88 bits per heavy atom. The molecule has 0 aliphatic carbocycles. The third-order valence-electron chi connectivity index (χ3n) is 4.31. The number of benzene rings is 1. The van der Waals surface area contributed by atoms with Crippen molar-refractivity contribution in [3.63, 3.8) is 0 Å². The Kier molecular flexibility index (Phi) is 4.99. The molecule has 2 fully saturated rings. The second-order valence-corrected chi connectivity index (χ2v) is 7.51. The number of amides is 1. The lowest BCUT2D eigenvalue weighted by atomic mass is 10.1. The second-order valence-electron chi connectivity index (χ2n) is 7.51. The molecular formula is C19H25NO5. The molecule has 6 nitrogen and oxygen atoms in total. The van der Waals surface area contributed by atoms with E-state index in [1.54, 1.807) is 0 Å². The molecule has 2 heterocycles. The number of epoxide rings is 1. The minimum absolute atomic E-state index is 0.00304. The summed E-state index contributed by atoms with van der Waals surface area (Å²) in [6.07, 6.45) is 0.795. The van der Waals surface area contributed by atoms with Crippen LogP contribution >= 0.6 is 0 Å². The molecule has 2 aliphatic rings. The molecule has 3 atom stereocenters. The van der Waals surface area contributed by atoms with Gasteiger partial charge in [0.05, 0.1) is 12.6 Å². The standard InChI is InChI=1S/C19H25NO5/c1-19(2,3)25-17(21)15-10-9-14(16-12-23-16)20(15)18(22)24-11-13-7-5-4-6-8-13/h4-8,14-16H,9-12H2,1-3H3/t14-,15+,16-/m1/s1. The van der Waals surface area contributed by atoms with E-state index in [1.165, 1.54) is 4.90 Å². The highest BCUT2D eigenvalue weighted by Crippen LogP contribution is 2.34. The van der Waals surface area contributed by atoms with Crippen LogP contribution in [0.1, 0.15) is 39.2 Å². The van der Waals surface area contributed by atoms with Crippen molar-refractivity contribution in [2.45, 2.75) is 64.0 Å². The van der Waals surface area contributed by atoms with Crippen molar-refractivity contribution in [2.75, 3.05) is 6.61 Å². The molecular weight excluding hydrogens is 322 g/mol.